The lowest BCUT2D eigenvalue weighted by atomic mass is 10.4. The Bertz CT molecular complexity index is 719. The van der Waals surface area contributed by atoms with E-state index in [0.717, 1.165) is 41.0 Å². The zero-order valence-electron chi connectivity index (χ0n) is 11.9. The summed E-state index contributed by atoms with van der Waals surface area (Å²) in [5, 5.41) is 10.8. The summed E-state index contributed by atoms with van der Waals surface area (Å²) in [6.45, 7) is 4.75. The third-order valence-electron chi connectivity index (χ3n) is 2.98. The first-order valence-electron chi connectivity index (χ1n) is 6.70. The Labute approximate surface area is 126 Å². The van der Waals surface area contributed by atoms with Crippen molar-refractivity contribution in [2.75, 3.05) is 11.9 Å². The molecule has 3 heterocycles. The summed E-state index contributed by atoms with van der Waals surface area (Å²) in [6.07, 6.45) is 6.13. The normalized spacial score (nSPS) is 10.8. The van der Waals surface area contributed by atoms with Gasteiger partial charge in [0.1, 0.15) is 5.82 Å². The van der Waals surface area contributed by atoms with Crippen molar-refractivity contribution in [1.29, 1.82) is 0 Å². The minimum atomic E-state index is 0.722. The molecule has 1 N–H and O–H groups in total. The van der Waals surface area contributed by atoms with Gasteiger partial charge in [0.2, 0.25) is 0 Å². The van der Waals surface area contributed by atoms with E-state index in [1.54, 1.807) is 28.4 Å². The van der Waals surface area contributed by atoms with Gasteiger partial charge in [-0.15, -0.1) is 11.3 Å². The van der Waals surface area contributed by atoms with Crippen LogP contribution in [0.1, 0.15) is 16.4 Å². The first kappa shape index (κ1) is 13.7. The van der Waals surface area contributed by atoms with E-state index >= 15 is 0 Å². The second-order valence-electron chi connectivity index (χ2n) is 4.70. The van der Waals surface area contributed by atoms with Gasteiger partial charge in [-0.1, -0.05) is 0 Å². The van der Waals surface area contributed by atoms with Crippen LogP contribution in [-0.2, 0) is 6.42 Å². The third-order valence-corrected chi connectivity index (χ3v) is 3.82. The Morgan fingerprint density at radius 1 is 1.29 bits per heavy atom. The summed E-state index contributed by atoms with van der Waals surface area (Å²) in [4.78, 5) is 13.0. The van der Waals surface area contributed by atoms with Crippen LogP contribution in [0.4, 0.5) is 5.82 Å². The minimum Gasteiger partial charge on any atom is -0.368 e. The summed E-state index contributed by atoms with van der Waals surface area (Å²) in [5.41, 5.74) is 2.01. The van der Waals surface area contributed by atoms with Crippen molar-refractivity contribution in [2.45, 2.75) is 20.3 Å². The Hall–Kier alpha value is -2.28. The van der Waals surface area contributed by atoms with Gasteiger partial charge in [0.15, 0.2) is 5.82 Å². The van der Waals surface area contributed by atoms with Crippen molar-refractivity contribution in [3.05, 3.63) is 46.4 Å². The molecule has 7 heteroatoms. The number of nitrogens with one attached hydrogen (secondary N) is 1. The number of aromatic nitrogens is 5. The molecule has 0 unspecified atom stereocenters. The first-order chi connectivity index (χ1) is 10.2. The van der Waals surface area contributed by atoms with Crippen molar-refractivity contribution >= 4 is 17.2 Å². The number of aryl methyl sites for hydroxylation is 2. The lowest BCUT2D eigenvalue weighted by molar-refractivity contribution is 0.798. The van der Waals surface area contributed by atoms with E-state index in [-0.39, 0.29) is 0 Å². The third kappa shape index (κ3) is 3.25. The molecule has 0 saturated heterocycles. The van der Waals surface area contributed by atoms with E-state index in [0.29, 0.717) is 0 Å². The van der Waals surface area contributed by atoms with E-state index in [1.165, 1.54) is 0 Å². The fourth-order valence-electron chi connectivity index (χ4n) is 2.08. The van der Waals surface area contributed by atoms with E-state index in [9.17, 15) is 0 Å². The van der Waals surface area contributed by atoms with Gasteiger partial charge < -0.3 is 5.32 Å². The lowest BCUT2D eigenvalue weighted by Gasteiger charge is -2.07. The van der Waals surface area contributed by atoms with Crippen molar-refractivity contribution in [3.63, 3.8) is 0 Å². The van der Waals surface area contributed by atoms with E-state index < -0.39 is 0 Å². The topological polar surface area (TPSA) is 68.5 Å². The summed E-state index contributed by atoms with van der Waals surface area (Å²) in [6, 6.07) is 2.02. The maximum absolute atomic E-state index is 4.55. The van der Waals surface area contributed by atoms with Crippen molar-refractivity contribution < 1.29 is 0 Å². The zero-order valence-corrected chi connectivity index (χ0v) is 12.8. The van der Waals surface area contributed by atoms with Crippen LogP contribution in [0.25, 0.3) is 5.82 Å². The number of hydrogen-bond donors (Lipinski definition) is 1. The van der Waals surface area contributed by atoms with Gasteiger partial charge in [0, 0.05) is 30.2 Å². The molecule has 108 valence electrons. The van der Waals surface area contributed by atoms with Gasteiger partial charge in [0.05, 0.1) is 23.1 Å². The van der Waals surface area contributed by atoms with Crippen molar-refractivity contribution in [3.8, 4) is 5.82 Å². The molecule has 6 nitrogen and oxygen atoms in total. The molecule has 3 rings (SSSR count). The van der Waals surface area contributed by atoms with Gasteiger partial charge in [-0.2, -0.15) is 5.10 Å². The van der Waals surface area contributed by atoms with E-state index in [1.807, 2.05) is 31.5 Å². The lowest BCUT2D eigenvalue weighted by Crippen LogP contribution is -2.09. The van der Waals surface area contributed by atoms with Crippen LogP contribution in [0.15, 0.2) is 30.0 Å². The Kier molecular flexibility index (Phi) is 3.92. The molecule has 0 aromatic carbocycles. The molecular formula is C14H16N6S. The predicted molar refractivity (Wildman–Crippen MR) is 82.9 cm³/mol. The number of nitrogens with zero attached hydrogens (tertiary/aromatic N) is 5. The molecule has 0 atom stereocenters. The second-order valence-corrected chi connectivity index (χ2v) is 5.68. The molecule has 0 amide bonds. The van der Waals surface area contributed by atoms with Crippen LogP contribution in [0.5, 0.6) is 0 Å². The quantitative estimate of drug-likeness (QED) is 0.783. The van der Waals surface area contributed by atoms with E-state index in [4.69, 9.17) is 0 Å². The molecule has 0 aliphatic carbocycles. The summed E-state index contributed by atoms with van der Waals surface area (Å²) >= 11 is 1.66. The van der Waals surface area contributed by atoms with Gasteiger partial charge >= 0.3 is 0 Å². The maximum atomic E-state index is 4.55. The molecular weight excluding hydrogens is 284 g/mol. The fraction of sp³-hybridized carbons (Fsp3) is 0.286. The molecule has 0 spiro atoms. The number of thiazole rings is 1. The van der Waals surface area contributed by atoms with Crippen LogP contribution < -0.4 is 5.32 Å². The fourth-order valence-corrected chi connectivity index (χ4v) is 2.70. The number of rotatable bonds is 5. The van der Waals surface area contributed by atoms with Crippen LogP contribution in [0.2, 0.25) is 0 Å². The van der Waals surface area contributed by atoms with E-state index in [2.05, 4.69) is 25.4 Å². The van der Waals surface area contributed by atoms with Gasteiger partial charge in [-0.3, -0.25) is 4.98 Å². The van der Waals surface area contributed by atoms with Crippen LogP contribution >= 0.6 is 11.3 Å². The molecule has 0 fully saturated rings. The molecule has 21 heavy (non-hydrogen) atoms. The average Bonchev–Trinajstić information content (AvgIpc) is 3.09. The molecule has 0 radical (unpaired) electrons. The Morgan fingerprint density at radius 2 is 2.19 bits per heavy atom. The van der Waals surface area contributed by atoms with Crippen LogP contribution in [-0.4, -0.2) is 31.3 Å². The summed E-state index contributed by atoms with van der Waals surface area (Å²) in [5.74, 6) is 1.47. The van der Waals surface area contributed by atoms with Crippen molar-refractivity contribution in [2.24, 2.45) is 0 Å². The van der Waals surface area contributed by atoms with Crippen LogP contribution in [0, 0.1) is 13.8 Å². The summed E-state index contributed by atoms with van der Waals surface area (Å²) < 4.78 is 1.80. The maximum Gasteiger partial charge on any atom is 0.174 e. The minimum absolute atomic E-state index is 0.722. The number of anilines is 1. The molecule has 0 bridgehead atoms. The summed E-state index contributed by atoms with van der Waals surface area (Å²) in [7, 11) is 0. The Morgan fingerprint density at radius 3 is 2.90 bits per heavy atom. The van der Waals surface area contributed by atoms with Gasteiger partial charge in [0.25, 0.3) is 0 Å². The predicted octanol–water partition coefficient (Wildman–Crippen LogP) is 2.39. The molecule has 3 aromatic rings. The molecule has 0 saturated carbocycles. The highest BCUT2D eigenvalue weighted by atomic mass is 32.1. The molecule has 3 aromatic heterocycles. The Balaban J connectivity index is 1.70. The first-order valence-corrected chi connectivity index (χ1v) is 7.58. The smallest absolute Gasteiger partial charge is 0.174 e. The van der Waals surface area contributed by atoms with Crippen molar-refractivity contribution in [1.82, 2.24) is 24.7 Å². The van der Waals surface area contributed by atoms with Gasteiger partial charge in [-0.25, -0.2) is 14.6 Å². The average molecular weight is 300 g/mol. The standard InChI is InChI=1S/C14H16N6S/c1-10-7-11(2)20(19-10)13-9-15-8-12(18-13)16-4-3-14-17-5-6-21-14/h5-9H,3-4H2,1-2H3,(H,16,18). The molecule has 0 aliphatic heterocycles. The zero-order chi connectivity index (χ0) is 14.7. The largest absolute Gasteiger partial charge is 0.368 e. The monoisotopic (exact) mass is 300 g/mol. The highest BCUT2D eigenvalue weighted by Crippen LogP contribution is 2.11. The van der Waals surface area contributed by atoms with Crippen LogP contribution in [0.3, 0.4) is 0 Å². The SMILES string of the molecule is Cc1cc(C)n(-c2cncc(NCCc3nccs3)n2)n1. The highest BCUT2D eigenvalue weighted by molar-refractivity contribution is 7.09. The highest BCUT2D eigenvalue weighted by Gasteiger charge is 2.06. The number of hydrogen-bond acceptors (Lipinski definition) is 6. The molecule has 0 aliphatic rings. The second kappa shape index (κ2) is 6.01. The van der Waals surface area contributed by atoms with Gasteiger partial charge in [-0.05, 0) is 19.9 Å².